The maximum atomic E-state index is 12.3. The zero-order chi connectivity index (χ0) is 19.8. The van der Waals surface area contributed by atoms with Gasteiger partial charge in [-0.05, 0) is 36.6 Å². The minimum atomic E-state index is -0.160. The van der Waals surface area contributed by atoms with Crippen LogP contribution in [0.5, 0.6) is 0 Å². The smallest absolute Gasteiger partial charge is 0.243 e. The van der Waals surface area contributed by atoms with Crippen molar-refractivity contribution < 1.29 is 14.3 Å². The van der Waals surface area contributed by atoms with Crippen molar-refractivity contribution in [3.05, 3.63) is 24.3 Å². The van der Waals surface area contributed by atoms with Crippen molar-refractivity contribution >= 4 is 23.2 Å². The summed E-state index contributed by atoms with van der Waals surface area (Å²) in [6.45, 7) is 3.37. The quantitative estimate of drug-likeness (QED) is 0.780. The van der Waals surface area contributed by atoms with Gasteiger partial charge in [0.25, 0.3) is 0 Å². The molecule has 2 amide bonds. The Morgan fingerprint density at radius 2 is 1.79 bits per heavy atom. The van der Waals surface area contributed by atoms with Crippen LogP contribution < -0.4 is 10.2 Å². The van der Waals surface area contributed by atoms with Crippen LogP contribution in [-0.2, 0) is 14.3 Å². The summed E-state index contributed by atoms with van der Waals surface area (Å²) in [5, 5.41) is 2.89. The number of amides is 2. The summed E-state index contributed by atoms with van der Waals surface area (Å²) >= 11 is 0. The molecule has 0 spiro atoms. The Balaban J connectivity index is 1.40. The summed E-state index contributed by atoms with van der Waals surface area (Å²) in [6.07, 6.45) is 7.91. The van der Waals surface area contributed by atoms with E-state index in [9.17, 15) is 9.59 Å². The Hall–Kier alpha value is -2.08. The third-order valence-corrected chi connectivity index (χ3v) is 5.83. The van der Waals surface area contributed by atoms with Gasteiger partial charge in [-0.15, -0.1) is 0 Å². The van der Waals surface area contributed by atoms with Crippen LogP contribution in [0.25, 0.3) is 0 Å². The lowest BCUT2D eigenvalue weighted by Crippen LogP contribution is -2.36. The van der Waals surface area contributed by atoms with E-state index in [1.54, 1.807) is 11.9 Å². The molecule has 0 unspecified atom stereocenters. The monoisotopic (exact) mass is 387 g/mol. The SMILES string of the molecule is CN(CC(=O)Nc1ccc(N2CCOCC2)cc1)C(=O)CCC1CCCCC1. The van der Waals surface area contributed by atoms with Crippen LogP contribution in [0.3, 0.4) is 0 Å². The summed E-state index contributed by atoms with van der Waals surface area (Å²) in [4.78, 5) is 28.4. The number of hydrogen-bond donors (Lipinski definition) is 1. The number of anilines is 2. The molecular weight excluding hydrogens is 354 g/mol. The van der Waals surface area contributed by atoms with E-state index in [0.29, 0.717) is 12.3 Å². The van der Waals surface area contributed by atoms with Crippen molar-refractivity contribution in [1.82, 2.24) is 4.90 Å². The average molecular weight is 388 g/mol. The molecule has 1 aromatic carbocycles. The molecular formula is C22H33N3O3. The van der Waals surface area contributed by atoms with Crippen molar-refractivity contribution in [3.63, 3.8) is 0 Å². The molecule has 0 aromatic heterocycles. The number of carbonyl (C=O) groups excluding carboxylic acids is 2. The van der Waals surface area contributed by atoms with Crippen LogP contribution in [-0.4, -0.2) is 56.6 Å². The maximum absolute atomic E-state index is 12.3. The molecule has 2 fully saturated rings. The third-order valence-electron chi connectivity index (χ3n) is 5.83. The van der Waals surface area contributed by atoms with Crippen molar-refractivity contribution in [2.45, 2.75) is 44.9 Å². The number of morpholine rings is 1. The first-order valence-electron chi connectivity index (χ1n) is 10.6. The Morgan fingerprint density at radius 3 is 2.46 bits per heavy atom. The second-order valence-electron chi connectivity index (χ2n) is 7.99. The third kappa shape index (κ3) is 6.23. The first kappa shape index (κ1) is 20.6. The number of rotatable bonds is 7. The van der Waals surface area contributed by atoms with Gasteiger partial charge in [0.15, 0.2) is 0 Å². The van der Waals surface area contributed by atoms with Crippen LogP contribution in [0, 0.1) is 5.92 Å². The van der Waals surface area contributed by atoms with E-state index < -0.39 is 0 Å². The average Bonchev–Trinajstić information content (AvgIpc) is 2.74. The second kappa shape index (κ2) is 10.5. The highest BCUT2D eigenvalue weighted by molar-refractivity contribution is 5.94. The van der Waals surface area contributed by atoms with Gasteiger partial charge in [0.2, 0.25) is 11.8 Å². The lowest BCUT2D eigenvalue weighted by atomic mass is 9.86. The molecule has 6 nitrogen and oxygen atoms in total. The molecule has 1 aliphatic heterocycles. The highest BCUT2D eigenvalue weighted by Crippen LogP contribution is 2.27. The maximum Gasteiger partial charge on any atom is 0.243 e. The predicted molar refractivity (Wildman–Crippen MR) is 112 cm³/mol. The summed E-state index contributed by atoms with van der Waals surface area (Å²) in [7, 11) is 1.71. The van der Waals surface area contributed by atoms with Gasteiger partial charge in [-0.25, -0.2) is 0 Å². The number of nitrogens with one attached hydrogen (secondary N) is 1. The van der Waals surface area contributed by atoms with Gasteiger partial charge in [0, 0.05) is 37.9 Å². The Bertz CT molecular complexity index is 635. The number of nitrogens with zero attached hydrogens (tertiary/aromatic N) is 2. The van der Waals surface area contributed by atoms with Crippen LogP contribution in [0.2, 0.25) is 0 Å². The number of hydrogen-bond acceptors (Lipinski definition) is 4. The van der Waals surface area contributed by atoms with Crippen molar-refractivity contribution in [2.24, 2.45) is 5.92 Å². The van der Waals surface area contributed by atoms with Crippen molar-refractivity contribution in [3.8, 4) is 0 Å². The molecule has 0 radical (unpaired) electrons. The van der Waals surface area contributed by atoms with Gasteiger partial charge in [-0.2, -0.15) is 0 Å². The Labute approximate surface area is 168 Å². The molecule has 1 aliphatic carbocycles. The van der Waals surface area contributed by atoms with Gasteiger partial charge in [-0.1, -0.05) is 32.1 Å². The van der Waals surface area contributed by atoms with E-state index in [4.69, 9.17) is 4.74 Å². The fourth-order valence-electron chi connectivity index (χ4n) is 4.08. The fourth-order valence-corrected chi connectivity index (χ4v) is 4.08. The van der Waals surface area contributed by atoms with E-state index in [1.165, 1.54) is 32.1 Å². The molecule has 0 atom stereocenters. The van der Waals surface area contributed by atoms with Gasteiger partial charge in [0.05, 0.1) is 19.8 Å². The molecule has 1 saturated heterocycles. The molecule has 6 heteroatoms. The number of ether oxygens (including phenoxy) is 1. The largest absolute Gasteiger partial charge is 0.378 e. The van der Waals surface area contributed by atoms with Crippen molar-refractivity contribution in [1.29, 1.82) is 0 Å². The highest BCUT2D eigenvalue weighted by atomic mass is 16.5. The molecule has 1 aromatic rings. The second-order valence-corrected chi connectivity index (χ2v) is 7.99. The van der Waals surface area contributed by atoms with Crippen LogP contribution >= 0.6 is 0 Å². The van der Waals surface area contributed by atoms with Gasteiger partial charge in [0.1, 0.15) is 0 Å². The standard InChI is InChI=1S/C22H33N3O3/c1-24(22(27)12-7-18-5-3-2-4-6-18)17-21(26)23-19-8-10-20(11-9-19)25-13-15-28-16-14-25/h8-11,18H,2-7,12-17H2,1H3,(H,23,26). The highest BCUT2D eigenvalue weighted by Gasteiger charge is 2.18. The number of likely N-dealkylation sites (N-methyl/N-ethyl adjacent to an activating group) is 1. The molecule has 0 bridgehead atoms. The summed E-state index contributed by atoms with van der Waals surface area (Å²) in [5.41, 5.74) is 1.89. The van der Waals surface area contributed by atoms with Crippen molar-refractivity contribution in [2.75, 3.05) is 50.1 Å². The summed E-state index contributed by atoms with van der Waals surface area (Å²) < 4.78 is 5.37. The van der Waals surface area contributed by atoms with Crippen LogP contribution in [0.4, 0.5) is 11.4 Å². The van der Waals surface area contributed by atoms with E-state index in [-0.39, 0.29) is 18.4 Å². The normalized spacial score (nSPS) is 18.0. The molecule has 154 valence electrons. The van der Waals surface area contributed by atoms with Crippen LogP contribution in [0.15, 0.2) is 24.3 Å². The summed E-state index contributed by atoms with van der Waals surface area (Å²) in [5.74, 6) is 0.584. The topological polar surface area (TPSA) is 61.9 Å². The number of benzene rings is 1. The number of carbonyl (C=O) groups is 2. The van der Waals surface area contributed by atoms with Crippen LogP contribution in [0.1, 0.15) is 44.9 Å². The fraction of sp³-hybridized carbons (Fsp3) is 0.636. The van der Waals surface area contributed by atoms with E-state index in [0.717, 1.165) is 44.1 Å². The lowest BCUT2D eigenvalue weighted by Gasteiger charge is -2.28. The molecule has 2 aliphatic rings. The molecule has 28 heavy (non-hydrogen) atoms. The zero-order valence-corrected chi connectivity index (χ0v) is 17.0. The van der Waals surface area contributed by atoms with E-state index in [1.807, 2.05) is 24.3 Å². The van der Waals surface area contributed by atoms with E-state index >= 15 is 0 Å². The zero-order valence-electron chi connectivity index (χ0n) is 17.0. The molecule has 1 N–H and O–H groups in total. The summed E-state index contributed by atoms with van der Waals surface area (Å²) in [6, 6.07) is 7.85. The van der Waals surface area contributed by atoms with Gasteiger partial charge >= 0.3 is 0 Å². The Morgan fingerprint density at radius 1 is 1.11 bits per heavy atom. The first-order valence-corrected chi connectivity index (χ1v) is 10.6. The minimum Gasteiger partial charge on any atom is -0.378 e. The molecule has 3 rings (SSSR count). The predicted octanol–water partition coefficient (Wildman–Crippen LogP) is 3.28. The lowest BCUT2D eigenvalue weighted by molar-refractivity contribution is -0.133. The van der Waals surface area contributed by atoms with Gasteiger partial charge in [-0.3, -0.25) is 9.59 Å². The minimum absolute atomic E-state index is 0.0587. The Kier molecular flexibility index (Phi) is 7.71. The first-order chi connectivity index (χ1) is 13.6. The molecule has 1 saturated carbocycles. The van der Waals surface area contributed by atoms with Gasteiger partial charge < -0.3 is 19.9 Å². The van der Waals surface area contributed by atoms with E-state index in [2.05, 4.69) is 10.2 Å². The molecule has 1 heterocycles.